The number of nitrogens with zero attached hydrogens (tertiary/aromatic N) is 1. The van der Waals surface area contributed by atoms with Crippen LogP contribution in [0.1, 0.15) is 35.0 Å². The van der Waals surface area contributed by atoms with E-state index >= 15 is 0 Å². The molecule has 120 valence electrons. The number of aromatic nitrogens is 1. The van der Waals surface area contributed by atoms with Gasteiger partial charge in [0.15, 0.2) is 0 Å². The highest BCUT2D eigenvalue weighted by molar-refractivity contribution is 7.99. The summed E-state index contributed by atoms with van der Waals surface area (Å²) >= 11 is 1.76. The maximum Gasteiger partial charge on any atom is 0.255 e. The molecule has 23 heavy (non-hydrogen) atoms. The van der Waals surface area contributed by atoms with Gasteiger partial charge in [0.2, 0.25) is 0 Å². The molecule has 3 N–H and O–H groups in total. The SMILES string of the molecule is CCSc1ccc(C(=O)Nc2cnc3c(c2)CC(N)CC3)cc1. The molecule has 1 aliphatic carbocycles. The van der Waals surface area contributed by atoms with Crippen molar-refractivity contribution in [1.82, 2.24) is 4.98 Å². The maximum absolute atomic E-state index is 12.3. The molecule has 0 saturated carbocycles. The summed E-state index contributed by atoms with van der Waals surface area (Å²) in [4.78, 5) is 18.0. The van der Waals surface area contributed by atoms with E-state index in [0.717, 1.165) is 42.0 Å². The average Bonchev–Trinajstić information content (AvgIpc) is 2.55. The van der Waals surface area contributed by atoms with E-state index in [-0.39, 0.29) is 11.9 Å². The van der Waals surface area contributed by atoms with Gasteiger partial charge in [0.25, 0.3) is 5.91 Å². The zero-order valence-corrected chi connectivity index (χ0v) is 14.0. The summed E-state index contributed by atoms with van der Waals surface area (Å²) in [5.74, 6) is 0.911. The third-order valence-electron chi connectivity index (χ3n) is 3.98. The van der Waals surface area contributed by atoms with Crippen LogP contribution in [-0.4, -0.2) is 22.7 Å². The third kappa shape index (κ3) is 3.92. The molecule has 1 unspecified atom stereocenters. The molecule has 1 aliphatic rings. The largest absolute Gasteiger partial charge is 0.327 e. The summed E-state index contributed by atoms with van der Waals surface area (Å²) in [5.41, 5.74) is 9.65. The summed E-state index contributed by atoms with van der Waals surface area (Å²) < 4.78 is 0. The highest BCUT2D eigenvalue weighted by Crippen LogP contribution is 2.22. The van der Waals surface area contributed by atoms with Gasteiger partial charge in [-0.25, -0.2) is 0 Å². The monoisotopic (exact) mass is 327 g/mol. The predicted molar refractivity (Wildman–Crippen MR) is 95.0 cm³/mol. The molecule has 1 amide bonds. The molecule has 0 bridgehead atoms. The number of rotatable bonds is 4. The molecular formula is C18H21N3OS. The Morgan fingerprint density at radius 2 is 2.17 bits per heavy atom. The van der Waals surface area contributed by atoms with Crippen LogP contribution in [0.5, 0.6) is 0 Å². The second kappa shape index (κ2) is 7.15. The number of nitrogens with two attached hydrogens (primary N) is 1. The Hall–Kier alpha value is -1.85. The number of anilines is 1. The van der Waals surface area contributed by atoms with Crippen molar-refractivity contribution < 1.29 is 4.79 Å². The van der Waals surface area contributed by atoms with E-state index in [1.807, 2.05) is 30.3 Å². The van der Waals surface area contributed by atoms with Crippen molar-refractivity contribution in [1.29, 1.82) is 0 Å². The Balaban J connectivity index is 1.71. The van der Waals surface area contributed by atoms with Crippen LogP contribution < -0.4 is 11.1 Å². The van der Waals surface area contributed by atoms with Crippen molar-refractivity contribution in [2.45, 2.75) is 37.1 Å². The fourth-order valence-electron chi connectivity index (χ4n) is 2.79. The van der Waals surface area contributed by atoms with Crippen LogP contribution in [-0.2, 0) is 12.8 Å². The predicted octanol–water partition coefficient (Wildman–Crippen LogP) is 3.26. The zero-order chi connectivity index (χ0) is 16.2. The van der Waals surface area contributed by atoms with Crippen LogP contribution in [0.3, 0.4) is 0 Å². The molecular weight excluding hydrogens is 306 g/mol. The van der Waals surface area contributed by atoms with Crippen molar-refractivity contribution in [3.8, 4) is 0 Å². The number of thioether (sulfide) groups is 1. The Morgan fingerprint density at radius 1 is 1.39 bits per heavy atom. The van der Waals surface area contributed by atoms with Crippen molar-refractivity contribution in [2.24, 2.45) is 5.73 Å². The molecule has 0 aliphatic heterocycles. The van der Waals surface area contributed by atoms with E-state index in [1.165, 1.54) is 4.90 Å². The number of aryl methyl sites for hydroxylation is 1. The lowest BCUT2D eigenvalue weighted by atomic mass is 9.92. The van der Waals surface area contributed by atoms with Gasteiger partial charge in [0, 0.05) is 22.2 Å². The molecule has 0 saturated heterocycles. The van der Waals surface area contributed by atoms with Crippen molar-refractivity contribution in [3.05, 3.63) is 53.3 Å². The second-order valence-corrected chi connectivity index (χ2v) is 7.08. The zero-order valence-electron chi connectivity index (χ0n) is 13.2. The van der Waals surface area contributed by atoms with Crippen LogP contribution in [0.2, 0.25) is 0 Å². The first-order chi connectivity index (χ1) is 11.2. The first-order valence-corrected chi connectivity index (χ1v) is 8.92. The minimum Gasteiger partial charge on any atom is -0.327 e. The van der Waals surface area contributed by atoms with Crippen LogP contribution in [0, 0.1) is 0 Å². The van der Waals surface area contributed by atoms with E-state index in [1.54, 1.807) is 18.0 Å². The first-order valence-electron chi connectivity index (χ1n) is 7.93. The number of fused-ring (bicyclic) bond motifs is 1. The number of carbonyl (C=O) groups excluding carboxylic acids is 1. The van der Waals surface area contributed by atoms with E-state index in [2.05, 4.69) is 17.2 Å². The molecule has 0 fully saturated rings. The van der Waals surface area contributed by atoms with Gasteiger partial charge in [-0.1, -0.05) is 6.92 Å². The molecule has 0 radical (unpaired) electrons. The number of hydrogen-bond acceptors (Lipinski definition) is 4. The average molecular weight is 327 g/mol. The van der Waals surface area contributed by atoms with Crippen molar-refractivity contribution in [3.63, 3.8) is 0 Å². The number of hydrogen-bond donors (Lipinski definition) is 2. The van der Waals surface area contributed by atoms with Crippen LogP contribution in [0.4, 0.5) is 5.69 Å². The van der Waals surface area contributed by atoms with Crippen molar-refractivity contribution in [2.75, 3.05) is 11.1 Å². The topological polar surface area (TPSA) is 68.0 Å². The Morgan fingerprint density at radius 3 is 2.91 bits per heavy atom. The molecule has 4 nitrogen and oxygen atoms in total. The van der Waals surface area contributed by atoms with Gasteiger partial charge in [0.1, 0.15) is 0 Å². The first kappa shape index (κ1) is 16.0. The van der Waals surface area contributed by atoms with Crippen LogP contribution >= 0.6 is 11.8 Å². The molecule has 0 spiro atoms. The lowest BCUT2D eigenvalue weighted by molar-refractivity contribution is 0.102. The lowest BCUT2D eigenvalue weighted by Crippen LogP contribution is -2.28. The summed E-state index contributed by atoms with van der Waals surface area (Å²) in [7, 11) is 0. The Bertz CT molecular complexity index is 700. The van der Waals surface area contributed by atoms with Gasteiger partial charge in [0.05, 0.1) is 11.9 Å². The van der Waals surface area contributed by atoms with Gasteiger partial charge < -0.3 is 11.1 Å². The van der Waals surface area contributed by atoms with E-state index in [9.17, 15) is 4.79 Å². The van der Waals surface area contributed by atoms with E-state index in [4.69, 9.17) is 5.73 Å². The van der Waals surface area contributed by atoms with Gasteiger partial charge in [-0.15, -0.1) is 11.8 Å². The molecule has 3 rings (SSSR count). The minimum atomic E-state index is -0.111. The Kier molecular flexibility index (Phi) is 4.98. The number of amides is 1. The van der Waals surface area contributed by atoms with Gasteiger partial charge in [-0.3, -0.25) is 9.78 Å². The normalized spacial score (nSPS) is 16.7. The highest BCUT2D eigenvalue weighted by Gasteiger charge is 2.17. The molecule has 1 aromatic carbocycles. The van der Waals surface area contributed by atoms with Gasteiger partial charge in [-0.05, 0) is 60.9 Å². The standard InChI is InChI=1S/C18H21N3OS/c1-2-23-16-6-3-12(4-7-16)18(22)21-15-10-13-9-14(19)5-8-17(13)20-11-15/h3-4,6-7,10-11,14H,2,5,8-9,19H2,1H3,(H,21,22). The third-order valence-corrected chi connectivity index (χ3v) is 4.87. The summed E-state index contributed by atoms with van der Waals surface area (Å²) in [6.07, 6.45) is 4.46. The maximum atomic E-state index is 12.3. The van der Waals surface area contributed by atoms with Crippen molar-refractivity contribution >= 4 is 23.4 Å². The molecule has 1 aromatic heterocycles. The molecule has 2 aromatic rings. The van der Waals surface area contributed by atoms with E-state index in [0.29, 0.717) is 5.56 Å². The quantitative estimate of drug-likeness (QED) is 0.846. The highest BCUT2D eigenvalue weighted by atomic mass is 32.2. The van der Waals surface area contributed by atoms with Gasteiger partial charge >= 0.3 is 0 Å². The second-order valence-electron chi connectivity index (χ2n) is 5.74. The molecule has 5 heteroatoms. The number of carbonyl (C=O) groups is 1. The van der Waals surface area contributed by atoms with Crippen LogP contribution in [0.25, 0.3) is 0 Å². The summed E-state index contributed by atoms with van der Waals surface area (Å²) in [6, 6.07) is 9.87. The molecule has 1 heterocycles. The number of nitrogens with one attached hydrogen (secondary N) is 1. The summed E-state index contributed by atoms with van der Waals surface area (Å²) in [6.45, 7) is 2.11. The van der Waals surface area contributed by atoms with Crippen LogP contribution in [0.15, 0.2) is 41.4 Å². The van der Waals surface area contributed by atoms with Gasteiger partial charge in [-0.2, -0.15) is 0 Å². The van der Waals surface area contributed by atoms with E-state index < -0.39 is 0 Å². The smallest absolute Gasteiger partial charge is 0.255 e. The lowest BCUT2D eigenvalue weighted by Gasteiger charge is -2.21. The number of pyridine rings is 1. The fraction of sp³-hybridized carbons (Fsp3) is 0.333. The fourth-order valence-corrected chi connectivity index (χ4v) is 3.45. The minimum absolute atomic E-state index is 0.111. The summed E-state index contributed by atoms with van der Waals surface area (Å²) in [5, 5.41) is 2.93. The Labute approximate surface area is 140 Å². The number of benzene rings is 1. The molecule has 1 atom stereocenters.